The molecule has 1 amide bonds. The first kappa shape index (κ1) is 13.6. The molecule has 0 aromatic heterocycles. The van der Waals surface area contributed by atoms with Crippen molar-refractivity contribution in [3.8, 4) is 0 Å². The van der Waals surface area contributed by atoms with Gasteiger partial charge in [-0.05, 0) is 48.8 Å². The Morgan fingerprint density at radius 2 is 1.90 bits per heavy atom. The standard InChI is InChI=1S/C17H23NO2/c19-16(18-12-17(20)8-1-2-9-17)11-13-6-7-14-4-3-5-15(14)10-13/h6-7,10,20H,1-5,8-9,11-12H2,(H,18,19). The van der Waals surface area contributed by atoms with E-state index in [1.54, 1.807) is 0 Å². The summed E-state index contributed by atoms with van der Waals surface area (Å²) in [7, 11) is 0. The molecule has 3 nitrogen and oxygen atoms in total. The van der Waals surface area contributed by atoms with Crippen molar-refractivity contribution in [2.75, 3.05) is 6.54 Å². The average Bonchev–Trinajstić information content (AvgIpc) is 3.05. The summed E-state index contributed by atoms with van der Waals surface area (Å²) in [6, 6.07) is 6.40. The molecule has 0 atom stereocenters. The average molecular weight is 273 g/mol. The Morgan fingerprint density at radius 1 is 1.15 bits per heavy atom. The van der Waals surface area contributed by atoms with Gasteiger partial charge in [0.25, 0.3) is 0 Å². The summed E-state index contributed by atoms with van der Waals surface area (Å²) in [6.45, 7) is 0.400. The van der Waals surface area contributed by atoms with E-state index in [1.165, 1.54) is 24.0 Å². The Bertz CT molecular complexity index is 504. The van der Waals surface area contributed by atoms with Gasteiger partial charge in [0.15, 0.2) is 0 Å². The van der Waals surface area contributed by atoms with Crippen molar-refractivity contribution < 1.29 is 9.90 Å². The van der Waals surface area contributed by atoms with Crippen molar-refractivity contribution >= 4 is 5.91 Å². The first-order chi connectivity index (χ1) is 9.65. The number of carbonyl (C=O) groups excluding carboxylic acids is 1. The third-order valence-electron chi connectivity index (χ3n) is 4.68. The molecule has 0 bridgehead atoms. The van der Waals surface area contributed by atoms with Crippen LogP contribution in [0.4, 0.5) is 0 Å². The van der Waals surface area contributed by atoms with Crippen LogP contribution < -0.4 is 5.32 Å². The van der Waals surface area contributed by atoms with Crippen molar-refractivity contribution in [3.63, 3.8) is 0 Å². The Labute approximate surface area is 120 Å². The molecule has 0 saturated heterocycles. The normalized spacial score (nSPS) is 19.9. The Morgan fingerprint density at radius 3 is 2.70 bits per heavy atom. The van der Waals surface area contributed by atoms with Gasteiger partial charge in [-0.3, -0.25) is 4.79 Å². The Hall–Kier alpha value is -1.35. The van der Waals surface area contributed by atoms with Crippen LogP contribution in [-0.4, -0.2) is 23.2 Å². The molecule has 0 unspecified atom stereocenters. The molecule has 20 heavy (non-hydrogen) atoms. The van der Waals surface area contributed by atoms with E-state index < -0.39 is 5.60 Å². The highest BCUT2D eigenvalue weighted by molar-refractivity contribution is 5.78. The van der Waals surface area contributed by atoms with Gasteiger partial charge in [-0.1, -0.05) is 31.0 Å². The topological polar surface area (TPSA) is 49.3 Å². The number of hydrogen-bond acceptors (Lipinski definition) is 2. The van der Waals surface area contributed by atoms with Crippen LogP contribution >= 0.6 is 0 Å². The van der Waals surface area contributed by atoms with Crippen LogP contribution in [-0.2, 0) is 24.1 Å². The number of amides is 1. The maximum absolute atomic E-state index is 12.0. The van der Waals surface area contributed by atoms with E-state index in [2.05, 4.69) is 23.5 Å². The molecule has 0 spiro atoms. The quantitative estimate of drug-likeness (QED) is 0.883. The molecule has 1 fully saturated rings. The van der Waals surface area contributed by atoms with Gasteiger partial charge in [0, 0.05) is 6.54 Å². The second-order valence-corrected chi connectivity index (χ2v) is 6.34. The highest BCUT2D eigenvalue weighted by Crippen LogP contribution is 2.28. The van der Waals surface area contributed by atoms with Crippen LogP contribution in [0.3, 0.4) is 0 Å². The van der Waals surface area contributed by atoms with Gasteiger partial charge in [-0.15, -0.1) is 0 Å². The molecule has 3 rings (SSSR count). The summed E-state index contributed by atoms with van der Waals surface area (Å²) in [6.07, 6.45) is 7.73. The number of carbonyl (C=O) groups is 1. The van der Waals surface area contributed by atoms with Gasteiger partial charge in [0.2, 0.25) is 5.91 Å². The molecule has 1 aromatic rings. The second-order valence-electron chi connectivity index (χ2n) is 6.34. The number of nitrogens with one attached hydrogen (secondary N) is 1. The number of aliphatic hydroxyl groups is 1. The summed E-state index contributed by atoms with van der Waals surface area (Å²) in [5, 5.41) is 13.1. The molecule has 2 aliphatic rings. The van der Waals surface area contributed by atoms with Crippen molar-refractivity contribution in [1.82, 2.24) is 5.32 Å². The lowest BCUT2D eigenvalue weighted by Gasteiger charge is -2.22. The molecular weight excluding hydrogens is 250 g/mol. The molecule has 0 aliphatic heterocycles. The summed E-state index contributed by atoms with van der Waals surface area (Å²) in [4.78, 5) is 12.0. The summed E-state index contributed by atoms with van der Waals surface area (Å²) >= 11 is 0. The monoisotopic (exact) mass is 273 g/mol. The van der Waals surface area contributed by atoms with E-state index in [1.807, 2.05) is 0 Å². The predicted octanol–water partition coefficient (Wildman–Crippen LogP) is 2.14. The van der Waals surface area contributed by atoms with Crippen molar-refractivity contribution in [2.24, 2.45) is 0 Å². The van der Waals surface area contributed by atoms with E-state index in [-0.39, 0.29) is 5.91 Å². The van der Waals surface area contributed by atoms with E-state index >= 15 is 0 Å². The minimum atomic E-state index is -0.659. The van der Waals surface area contributed by atoms with Crippen LogP contribution in [0.5, 0.6) is 0 Å². The molecule has 2 N–H and O–H groups in total. The third-order valence-corrected chi connectivity index (χ3v) is 4.68. The molecule has 0 radical (unpaired) electrons. The molecular formula is C17H23NO2. The number of hydrogen-bond donors (Lipinski definition) is 2. The number of aryl methyl sites for hydroxylation is 2. The van der Waals surface area contributed by atoms with Crippen LogP contribution in [0.2, 0.25) is 0 Å². The zero-order valence-corrected chi connectivity index (χ0v) is 12.0. The van der Waals surface area contributed by atoms with Crippen molar-refractivity contribution in [1.29, 1.82) is 0 Å². The lowest BCUT2D eigenvalue weighted by Crippen LogP contribution is -2.41. The zero-order chi connectivity index (χ0) is 14.0. The first-order valence-corrected chi connectivity index (χ1v) is 7.74. The lowest BCUT2D eigenvalue weighted by atomic mass is 10.0. The Balaban J connectivity index is 1.53. The molecule has 1 aromatic carbocycles. The predicted molar refractivity (Wildman–Crippen MR) is 78.6 cm³/mol. The fourth-order valence-corrected chi connectivity index (χ4v) is 3.46. The smallest absolute Gasteiger partial charge is 0.224 e. The fourth-order valence-electron chi connectivity index (χ4n) is 3.46. The number of benzene rings is 1. The minimum Gasteiger partial charge on any atom is -0.388 e. The van der Waals surface area contributed by atoms with Crippen LogP contribution in [0, 0.1) is 0 Å². The van der Waals surface area contributed by atoms with Crippen LogP contribution in [0.15, 0.2) is 18.2 Å². The van der Waals surface area contributed by atoms with Crippen molar-refractivity contribution in [3.05, 3.63) is 34.9 Å². The molecule has 1 saturated carbocycles. The summed E-state index contributed by atoms with van der Waals surface area (Å²) in [5.41, 5.74) is 3.27. The lowest BCUT2D eigenvalue weighted by molar-refractivity contribution is -0.121. The fraction of sp³-hybridized carbons (Fsp3) is 0.588. The summed E-state index contributed by atoms with van der Waals surface area (Å²) in [5.74, 6) is 0.0169. The second kappa shape index (κ2) is 5.57. The van der Waals surface area contributed by atoms with Crippen molar-refractivity contribution in [2.45, 2.75) is 57.0 Å². The highest BCUT2D eigenvalue weighted by atomic mass is 16.3. The molecule has 3 heteroatoms. The first-order valence-electron chi connectivity index (χ1n) is 7.74. The molecule has 2 aliphatic carbocycles. The third kappa shape index (κ3) is 3.04. The maximum Gasteiger partial charge on any atom is 0.224 e. The van der Waals surface area contributed by atoms with E-state index in [0.29, 0.717) is 13.0 Å². The minimum absolute atomic E-state index is 0.0169. The van der Waals surface area contributed by atoms with Gasteiger partial charge in [0.05, 0.1) is 12.0 Å². The van der Waals surface area contributed by atoms with Gasteiger partial charge < -0.3 is 10.4 Å². The van der Waals surface area contributed by atoms with Gasteiger partial charge >= 0.3 is 0 Å². The van der Waals surface area contributed by atoms with E-state index in [0.717, 1.165) is 37.7 Å². The highest BCUT2D eigenvalue weighted by Gasteiger charge is 2.31. The van der Waals surface area contributed by atoms with E-state index in [4.69, 9.17) is 0 Å². The largest absolute Gasteiger partial charge is 0.388 e. The number of rotatable bonds is 4. The van der Waals surface area contributed by atoms with Gasteiger partial charge in [0.1, 0.15) is 0 Å². The molecule has 0 heterocycles. The molecule has 108 valence electrons. The van der Waals surface area contributed by atoms with Gasteiger partial charge in [-0.25, -0.2) is 0 Å². The van der Waals surface area contributed by atoms with Crippen LogP contribution in [0.25, 0.3) is 0 Å². The maximum atomic E-state index is 12.0. The SMILES string of the molecule is O=C(Cc1ccc2c(c1)CCC2)NCC1(O)CCCC1. The number of fused-ring (bicyclic) bond motifs is 1. The summed E-state index contributed by atoms with van der Waals surface area (Å²) < 4.78 is 0. The van der Waals surface area contributed by atoms with E-state index in [9.17, 15) is 9.90 Å². The zero-order valence-electron chi connectivity index (χ0n) is 12.0. The Kier molecular flexibility index (Phi) is 3.79. The van der Waals surface area contributed by atoms with Gasteiger partial charge in [-0.2, -0.15) is 0 Å². The van der Waals surface area contributed by atoms with Crippen LogP contribution in [0.1, 0.15) is 48.8 Å².